The molecule has 0 radical (unpaired) electrons. The average Bonchev–Trinajstić information content (AvgIpc) is 3.10. The molecule has 0 atom stereocenters. The number of hydrogen-bond donors (Lipinski definition) is 0. The summed E-state index contributed by atoms with van der Waals surface area (Å²) in [6.45, 7) is 0.835. The summed E-state index contributed by atoms with van der Waals surface area (Å²) in [5, 5.41) is 0. The lowest BCUT2D eigenvalue weighted by Crippen LogP contribution is -2.07. The van der Waals surface area contributed by atoms with E-state index in [1.54, 1.807) is 72.8 Å². The van der Waals surface area contributed by atoms with E-state index in [1.165, 1.54) is 0 Å². The quantitative estimate of drug-likeness (QED) is 0.111. The highest BCUT2D eigenvalue weighted by Crippen LogP contribution is 2.50. The van der Waals surface area contributed by atoms with Crippen molar-refractivity contribution in [3.8, 4) is 40.2 Å². The Kier molecular flexibility index (Phi) is 9.83. The van der Waals surface area contributed by atoms with Gasteiger partial charge in [-0.2, -0.15) is 4.57 Å². The minimum Gasteiger partial charge on any atom is -0.489 e. The van der Waals surface area contributed by atoms with Gasteiger partial charge in [0.1, 0.15) is 53.5 Å². The molecule has 8 heteroatoms. The van der Waals surface area contributed by atoms with Crippen molar-refractivity contribution in [2.75, 3.05) is 0 Å². The zero-order chi connectivity index (χ0) is 31.4. The summed E-state index contributed by atoms with van der Waals surface area (Å²) in [7, 11) is -4.25. The molecule has 0 unspecified atom stereocenters. The minimum absolute atomic E-state index is 0.273. The first-order valence-electron chi connectivity index (χ1n) is 14.6. The fraction of sp³-hybridized carbons (Fsp3) is 0.0526. The highest BCUT2D eigenvalue weighted by molar-refractivity contribution is 7.49. The third-order valence-corrected chi connectivity index (χ3v) is 7.90. The summed E-state index contributed by atoms with van der Waals surface area (Å²) in [4.78, 5) is 0. The molecule has 0 heterocycles. The van der Waals surface area contributed by atoms with Crippen LogP contribution in [0.15, 0.2) is 164 Å². The predicted octanol–water partition coefficient (Wildman–Crippen LogP) is 10.3. The van der Waals surface area contributed by atoms with E-state index in [2.05, 4.69) is 0 Å². The van der Waals surface area contributed by atoms with Crippen molar-refractivity contribution in [2.24, 2.45) is 0 Å². The lowest BCUT2D eigenvalue weighted by atomic mass is 10.2. The first-order chi connectivity index (χ1) is 22.6. The van der Waals surface area contributed by atoms with Crippen LogP contribution in [0.4, 0.5) is 0 Å². The number of para-hydroxylation sites is 1. The van der Waals surface area contributed by atoms with Gasteiger partial charge in [0.2, 0.25) is 0 Å². The van der Waals surface area contributed by atoms with Gasteiger partial charge in [-0.15, -0.1) is 0 Å². The normalized spacial score (nSPS) is 10.9. The van der Waals surface area contributed by atoms with Gasteiger partial charge in [0.05, 0.1) is 0 Å². The Bertz CT molecular complexity index is 1740. The van der Waals surface area contributed by atoms with E-state index in [4.69, 9.17) is 27.8 Å². The number of hydrogen-bond acceptors (Lipinski definition) is 7. The fourth-order valence-corrected chi connectivity index (χ4v) is 5.56. The van der Waals surface area contributed by atoms with Crippen LogP contribution in [0.3, 0.4) is 0 Å². The van der Waals surface area contributed by atoms with Crippen molar-refractivity contribution < 1.29 is 32.3 Å². The average molecular weight is 631 g/mol. The van der Waals surface area contributed by atoms with E-state index < -0.39 is 7.82 Å². The third kappa shape index (κ3) is 8.94. The summed E-state index contributed by atoms with van der Waals surface area (Å²) in [5.41, 5.74) is 2.09. The Labute approximate surface area is 268 Å². The maximum atomic E-state index is 14.1. The number of rotatable bonds is 14. The van der Waals surface area contributed by atoms with E-state index >= 15 is 0 Å². The lowest BCUT2D eigenvalue weighted by molar-refractivity contribution is 0.293. The molecule has 0 saturated heterocycles. The van der Waals surface area contributed by atoms with Crippen molar-refractivity contribution >= 4 is 7.82 Å². The van der Waals surface area contributed by atoms with Gasteiger partial charge >= 0.3 is 7.82 Å². The molecule has 0 aliphatic rings. The summed E-state index contributed by atoms with van der Waals surface area (Å²) in [5.74, 6) is 3.38. The molecule has 0 amide bonds. The van der Waals surface area contributed by atoms with E-state index in [0.29, 0.717) is 36.2 Å². The summed E-state index contributed by atoms with van der Waals surface area (Å²) < 4.78 is 49.4. The number of phosphoric acid groups is 1. The highest BCUT2D eigenvalue weighted by Gasteiger charge is 2.33. The molecule has 0 aromatic heterocycles. The lowest BCUT2D eigenvalue weighted by Gasteiger charge is -2.20. The molecule has 0 aliphatic heterocycles. The van der Waals surface area contributed by atoms with Crippen molar-refractivity contribution in [3.05, 3.63) is 175 Å². The Morgan fingerprint density at radius 1 is 0.348 bits per heavy atom. The van der Waals surface area contributed by atoms with Gasteiger partial charge in [-0.25, -0.2) is 0 Å². The summed E-state index contributed by atoms with van der Waals surface area (Å²) >= 11 is 0. The monoisotopic (exact) mass is 630 g/mol. The van der Waals surface area contributed by atoms with Crippen LogP contribution < -0.4 is 27.8 Å². The van der Waals surface area contributed by atoms with Crippen LogP contribution in [0.2, 0.25) is 0 Å². The van der Waals surface area contributed by atoms with Gasteiger partial charge in [0.25, 0.3) is 0 Å². The third-order valence-electron chi connectivity index (χ3n) is 6.60. The number of phosphoric ester groups is 1. The molecule has 6 aromatic rings. The zero-order valence-electron chi connectivity index (χ0n) is 24.8. The van der Waals surface area contributed by atoms with Crippen molar-refractivity contribution in [1.82, 2.24) is 0 Å². The van der Waals surface area contributed by atoms with Crippen LogP contribution in [-0.2, 0) is 17.8 Å². The fourth-order valence-electron chi connectivity index (χ4n) is 4.31. The van der Waals surface area contributed by atoms with Crippen LogP contribution in [0.25, 0.3) is 0 Å². The van der Waals surface area contributed by atoms with E-state index in [9.17, 15) is 4.57 Å². The maximum Gasteiger partial charge on any atom is 0.647 e. The molecule has 0 bridgehead atoms. The molecule has 6 rings (SSSR count). The molecule has 0 aliphatic carbocycles. The van der Waals surface area contributed by atoms with Gasteiger partial charge in [0.15, 0.2) is 0 Å². The van der Waals surface area contributed by atoms with Crippen molar-refractivity contribution in [3.63, 3.8) is 0 Å². The Balaban J connectivity index is 1.15. The minimum atomic E-state index is -4.25. The largest absolute Gasteiger partial charge is 0.647 e. The second kappa shape index (κ2) is 14.9. The summed E-state index contributed by atoms with van der Waals surface area (Å²) in [6, 6.07) is 49.4. The molecule has 0 spiro atoms. The second-order valence-electron chi connectivity index (χ2n) is 10.1. The molecular weight excluding hydrogens is 599 g/mol. The van der Waals surface area contributed by atoms with Gasteiger partial charge in [-0.3, -0.25) is 0 Å². The number of ether oxygens (including phenoxy) is 3. The van der Waals surface area contributed by atoms with Crippen molar-refractivity contribution in [1.29, 1.82) is 0 Å². The Hall–Kier alpha value is -5.65. The number of benzene rings is 6. The molecule has 0 fully saturated rings. The standard InChI is InChI=1S/C38H31O7P/c39-46(45-38-26-20-35(21-27-38)42-34-14-8-3-9-15-34,43-36-22-16-32(17-23-36)40-28-30-10-4-1-5-11-30)44-37-24-18-33(19-25-37)41-29-31-12-6-2-7-13-31/h1-27H,28-29H2. The molecule has 7 nitrogen and oxygen atoms in total. The smallest absolute Gasteiger partial charge is 0.489 e. The summed E-state index contributed by atoms with van der Waals surface area (Å²) in [6.07, 6.45) is 0. The van der Waals surface area contributed by atoms with Crippen LogP contribution in [-0.4, -0.2) is 0 Å². The Morgan fingerprint density at radius 2 is 0.652 bits per heavy atom. The zero-order valence-corrected chi connectivity index (χ0v) is 25.7. The molecule has 6 aromatic carbocycles. The molecule has 230 valence electrons. The van der Waals surface area contributed by atoms with E-state index in [-0.39, 0.29) is 17.2 Å². The van der Waals surface area contributed by atoms with Crippen LogP contribution in [0, 0.1) is 0 Å². The SMILES string of the molecule is O=P(Oc1ccc(OCc2ccccc2)cc1)(Oc1ccc(OCc2ccccc2)cc1)Oc1ccc(Oc2ccccc2)cc1. The van der Waals surface area contributed by atoms with Gasteiger partial charge in [-0.1, -0.05) is 78.9 Å². The van der Waals surface area contributed by atoms with Crippen molar-refractivity contribution in [2.45, 2.75) is 13.2 Å². The van der Waals surface area contributed by atoms with Gasteiger partial charge in [0, 0.05) is 0 Å². The molecule has 0 saturated carbocycles. The van der Waals surface area contributed by atoms with Gasteiger partial charge in [-0.05, 0) is 96.1 Å². The second-order valence-corrected chi connectivity index (χ2v) is 11.5. The van der Waals surface area contributed by atoms with E-state index in [0.717, 1.165) is 11.1 Å². The first-order valence-corrected chi connectivity index (χ1v) is 16.1. The van der Waals surface area contributed by atoms with Crippen LogP contribution >= 0.6 is 7.82 Å². The predicted molar refractivity (Wildman–Crippen MR) is 177 cm³/mol. The molecular formula is C38H31O7P. The topological polar surface area (TPSA) is 72.5 Å². The Morgan fingerprint density at radius 3 is 1.04 bits per heavy atom. The van der Waals surface area contributed by atoms with Gasteiger partial charge < -0.3 is 27.8 Å². The van der Waals surface area contributed by atoms with Crippen LogP contribution in [0.5, 0.6) is 40.2 Å². The van der Waals surface area contributed by atoms with E-state index in [1.807, 2.05) is 91.0 Å². The molecule has 46 heavy (non-hydrogen) atoms. The highest BCUT2D eigenvalue weighted by atomic mass is 31.2. The van der Waals surface area contributed by atoms with Crippen LogP contribution in [0.1, 0.15) is 11.1 Å². The maximum absolute atomic E-state index is 14.1. The first kappa shape index (κ1) is 30.4. The molecule has 0 N–H and O–H groups in total.